The first-order valence-corrected chi connectivity index (χ1v) is 13.8. The van der Waals surface area contributed by atoms with Crippen LogP contribution in [0, 0.1) is 23.7 Å². The number of benzene rings is 2. The van der Waals surface area contributed by atoms with E-state index in [4.69, 9.17) is 0 Å². The summed E-state index contributed by atoms with van der Waals surface area (Å²) >= 11 is 0. The van der Waals surface area contributed by atoms with Crippen LogP contribution < -0.4 is 0 Å². The number of nitrogens with zero attached hydrogens (tertiary/aromatic N) is 2. The third kappa shape index (κ3) is 3.03. The predicted octanol–water partition coefficient (Wildman–Crippen LogP) is 3.93. The van der Waals surface area contributed by atoms with Gasteiger partial charge in [-0.2, -0.15) is 8.42 Å². The quantitative estimate of drug-likeness (QED) is 0.597. The number of hydrazine groups is 1. The SMILES string of the molecule is C=CC[C@@](O)(C(=O)N1C2CC3CCC2(C(=O)N1S(=O)(=O)c1ccc(C)cc1)C3(C)C)c1ccccc1. The van der Waals surface area contributed by atoms with Gasteiger partial charge in [0, 0.05) is 6.42 Å². The molecular formula is C28H32N2O5S. The molecule has 36 heavy (non-hydrogen) atoms. The van der Waals surface area contributed by atoms with Crippen LogP contribution in [0.3, 0.4) is 0 Å². The number of hydrogen-bond acceptors (Lipinski definition) is 5. The molecule has 1 N–H and O–H groups in total. The lowest BCUT2D eigenvalue weighted by atomic mass is 9.67. The molecule has 3 fully saturated rings. The van der Waals surface area contributed by atoms with Gasteiger partial charge < -0.3 is 5.11 Å². The molecule has 2 aliphatic carbocycles. The highest BCUT2D eigenvalue weighted by Crippen LogP contribution is 2.70. The van der Waals surface area contributed by atoms with Gasteiger partial charge in [0.1, 0.15) is 0 Å². The van der Waals surface area contributed by atoms with Crippen LogP contribution in [-0.4, -0.2) is 40.8 Å². The van der Waals surface area contributed by atoms with Crippen molar-refractivity contribution in [3.8, 4) is 0 Å². The normalized spacial score (nSPS) is 28.2. The lowest BCUT2D eigenvalue weighted by Crippen LogP contribution is -2.56. The van der Waals surface area contributed by atoms with Crippen LogP contribution in [0.4, 0.5) is 0 Å². The van der Waals surface area contributed by atoms with Crippen LogP contribution in [0.5, 0.6) is 0 Å². The highest BCUT2D eigenvalue weighted by atomic mass is 32.2. The molecule has 4 atom stereocenters. The number of sulfonamides is 1. The lowest BCUT2D eigenvalue weighted by Gasteiger charge is -2.38. The van der Waals surface area contributed by atoms with Crippen molar-refractivity contribution in [1.29, 1.82) is 0 Å². The van der Waals surface area contributed by atoms with E-state index in [-0.39, 0.29) is 17.2 Å². The maximum Gasteiger partial charge on any atom is 0.284 e. The Morgan fingerprint density at radius 2 is 1.81 bits per heavy atom. The third-order valence-electron chi connectivity index (χ3n) is 8.98. The summed E-state index contributed by atoms with van der Waals surface area (Å²) in [6.07, 6.45) is 3.10. The van der Waals surface area contributed by atoms with Gasteiger partial charge in [-0.05, 0) is 55.2 Å². The van der Waals surface area contributed by atoms with Crippen molar-refractivity contribution in [3.05, 3.63) is 78.4 Å². The van der Waals surface area contributed by atoms with Crippen LogP contribution in [0.1, 0.15) is 50.7 Å². The number of carbonyl (C=O) groups is 2. The molecule has 1 saturated heterocycles. The minimum Gasteiger partial charge on any atom is -0.375 e. The van der Waals surface area contributed by atoms with Crippen LogP contribution in [-0.2, 0) is 25.2 Å². The Hall–Kier alpha value is -2.97. The van der Waals surface area contributed by atoms with Gasteiger partial charge in [-0.25, -0.2) is 5.01 Å². The first-order valence-electron chi connectivity index (χ1n) is 12.3. The van der Waals surface area contributed by atoms with E-state index in [2.05, 4.69) is 6.58 Å². The average molecular weight is 509 g/mol. The second-order valence-corrected chi connectivity index (χ2v) is 12.7. The zero-order chi connectivity index (χ0) is 26.1. The zero-order valence-corrected chi connectivity index (χ0v) is 21.7. The summed E-state index contributed by atoms with van der Waals surface area (Å²) in [6.45, 7) is 9.56. The van der Waals surface area contributed by atoms with Crippen molar-refractivity contribution in [2.75, 3.05) is 0 Å². The summed E-state index contributed by atoms with van der Waals surface area (Å²) in [5.41, 5.74) is -2.42. The zero-order valence-electron chi connectivity index (χ0n) is 20.8. The summed E-state index contributed by atoms with van der Waals surface area (Å²) in [7, 11) is -4.43. The van der Waals surface area contributed by atoms with Crippen molar-refractivity contribution in [2.24, 2.45) is 16.7 Å². The van der Waals surface area contributed by atoms with Gasteiger partial charge in [-0.1, -0.05) is 68.0 Å². The number of hydrogen-bond donors (Lipinski definition) is 1. The first-order chi connectivity index (χ1) is 16.9. The van der Waals surface area contributed by atoms with Crippen LogP contribution in [0.2, 0.25) is 0 Å². The second kappa shape index (κ2) is 8.02. The Kier molecular flexibility index (Phi) is 5.50. The minimum absolute atomic E-state index is 0.0741. The first kappa shape index (κ1) is 24.7. The van der Waals surface area contributed by atoms with Crippen molar-refractivity contribution >= 4 is 21.8 Å². The smallest absolute Gasteiger partial charge is 0.284 e. The van der Waals surface area contributed by atoms with Gasteiger partial charge in [-0.3, -0.25) is 9.59 Å². The molecule has 2 bridgehead atoms. The van der Waals surface area contributed by atoms with E-state index in [1.54, 1.807) is 42.5 Å². The van der Waals surface area contributed by atoms with E-state index in [1.165, 1.54) is 18.2 Å². The average Bonchev–Trinajstić information content (AvgIpc) is 3.37. The summed E-state index contributed by atoms with van der Waals surface area (Å²) < 4.78 is 28.7. The van der Waals surface area contributed by atoms with Crippen molar-refractivity contribution in [2.45, 2.75) is 63.0 Å². The lowest BCUT2D eigenvalue weighted by molar-refractivity contribution is -0.166. The molecule has 2 amide bonds. The fourth-order valence-corrected chi connectivity index (χ4v) is 8.34. The standard InChI is InChI=1S/C28H32N2O5S/c1-5-16-28(33,20-9-7-6-8-10-20)25(32)29-23-18-21-15-17-27(23,26(21,3)4)24(31)30(29)36(34,35)22-13-11-19(2)12-14-22/h5-14,21,23,33H,1,15-18H2,2-4H3/t21?,23?,27?,28-/m0/s1. The van der Waals surface area contributed by atoms with Crippen molar-refractivity contribution in [1.82, 2.24) is 9.42 Å². The molecule has 2 saturated carbocycles. The Bertz CT molecular complexity index is 1340. The fourth-order valence-electron chi connectivity index (χ4n) is 6.86. The van der Waals surface area contributed by atoms with Gasteiger partial charge in [0.15, 0.2) is 5.60 Å². The van der Waals surface area contributed by atoms with Gasteiger partial charge in [0.05, 0.1) is 16.4 Å². The molecule has 3 unspecified atom stereocenters. The molecule has 190 valence electrons. The molecule has 0 aromatic heterocycles. The van der Waals surface area contributed by atoms with Crippen molar-refractivity contribution < 1.29 is 23.1 Å². The molecule has 1 spiro atoms. The van der Waals surface area contributed by atoms with E-state index in [9.17, 15) is 23.1 Å². The minimum atomic E-state index is -4.43. The summed E-state index contributed by atoms with van der Waals surface area (Å²) in [5.74, 6) is -1.24. The molecular weight excluding hydrogens is 476 g/mol. The Balaban J connectivity index is 1.71. The molecule has 8 heteroatoms. The third-order valence-corrected chi connectivity index (χ3v) is 10.6. The second-order valence-electron chi connectivity index (χ2n) is 10.9. The number of aliphatic hydroxyl groups is 1. The number of fused-ring (bicyclic) bond motifs is 1. The van der Waals surface area contributed by atoms with Crippen LogP contribution in [0.15, 0.2) is 72.1 Å². The van der Waals surface area contributed by atoms with Gasteiger partial charge in [0.2, 0.25) is 0 Å². The van der Waals surface area contributed by atoms with E-state index in [0.717, 1.165) is 17.0 Å². The number of aryl methyl sites for hydroxylation is 1. The summed E-state index contributed by atoms with van der Waals surface area (Å²) in [5, 5.41) is 12.9. The molecule has 0 radical (unpaired) electrons. The molecule has 1 aliphatic heterocycles. The number of amides is 2. The van der Waals surface area contributed by atoms with Gasteiger partial charge in [-0.15, -0.1) is 11.0 Å². The maximum absolute atomic E-state index is 14.3. The van der Waals surface area contributed by atoms with Gasteiger partial charge in [0.25, 0.3) is 21.8 Å². The fraction of sp³-hybridized carbons (Fsp3) is 0.429. The maximum atomic E-state index is 14.3. The number of carbonyl (C=O) groups excluding carboxylic acids is 2. The monoisotopic (exact) mass is 508 g/mol. The van der Waals surface area contributed by atoms with E-state index in [1.807, 2.05) is 20.8 Å². The Labute approximate surface area is 212 Å². The molecule has 2 aromatic carbocycles. The van der Waals surface area contributed by atoms with Crippen LogP contribution in [0.25, 0.3) is 0 Å². The molecule has 5 rings (SSSR count). The molecule has 3 aliphatic rings. The van der Waals surface area contributed by atoms with Gasteiger partial charge >= 0.3 is 0 Å². The predicted molar refractivity (Wildman–Crippen MR) is 135 cm³/mol. The number of rotatable bonds is 6. The van der Waals surface area contributed by atoms with E-state index in [0.29, 0.717) is 22.8 Å². The largest absolute Gasteiger partial charge is 0.375 e. The van der Waals surface area contributed by atoms with Crippen molar-refractivity contribution in [3.63, 3.8) is 0 Å². The van der Waals surface area contributed by atoms with E-state index < -0.39 is 44.3 Å². The molecule has 2 aromatic rings. The molecule has 1 heterocycles. The molecule has 7 nitrogen and oxygen atoms in total. The van der Waals surface area contributed by atoms with E-state index >= 15 is 0 Å². The Morgan fingerprint density at radius 1 is 1.17 bits per heavy atom. The summed E-state index contributed by atoms with van der Waals surface area (Å²) in [6, 6.07) is 14.0. The Morgan fingerprint density at radius 3 is 2.39 bits per heavy atom. The van der Waals surface area contributed by atoms with Crippen LogP contribution >= 0.6 is 0 Å². The highest BCUT2D eigenvalue weighted by molar-refractivity contribution is 7.89. The summed E-state index contributed by atoms with van der Waals surface area (Å²) in [4.78, 5) is 28.5. The topological polar surface area (TPSA) is 95.0 Å². The highest BCUT2D eigenvalue weighted by Gasteiger charge is 2.77.